The van der Waals surface area contributed by atoms with Crippen molar-refractivity contribution in [2.45, 2.75) is 0 Å². The van der Waals surface area contributed by atoms with E-state index in [1.54, 1.807) is 0 Å². The topological polar surface area (TPSA) is 133 Å². The van der Waals surface area contributed by atoms with Gasteiger partial charge in [-0.1, -0.05) is 0 Å². The first kappa shape index (κ1) is 16.7. The average Bonchev–Trinajstić information content (AvgIpc) is 2.41. The molecule has 0 radical (unpaired) electrons. The van der Waals surface area contributed by atoms with Crippen molar-refractivity contribution in [3.8, 4) is 0 Å². The Morgan fingerprint density at radius 2 is 0.765 bits per heavy atom. The maximum Gasteiger partial charge on any atom is 0.0543 e. The molecule has 0 aliphatic carbocycles. The average molecular weight is 253 g/mol. The summed E-state index contributed by atoms with van der Waals surface area (Å²) < 4.78 is 0. The van der Waals surface area contributed by atoms with Gasteiger partial charge >= 0.3 is 0 Å². The monoisotopic (exact) mass is 253 g/mol. The van der Waals surface area contributed by atoms with Crippen LogP contribution in [0.25, 0.3) is 0 Å². The van der Waals surface area contributed by atoms with Gasteiger partial charge in [-0.25, -0.2) is 0 Å². The standard InChI is InChI=1S/C10H23NO6/c12-3-9(4-13,5-14)1-11-2-10(6-15,7-16)8-17/h11-17H,1-8H2. The number of nitrogens with one attached hydrogen (secondary N) is 1. The Labute approximate surface area is 100 Å². The maximum absolute atomic E-state index is 9.07. The van der Waals surface area contributed by atoms with Crippen LogP contribution in [0.15, 0.2) is 0 Å². The summed E-state index contributed by atoms with van der Waals surface area (Å²) in [6.45, 7) is -2.13. The van der Waals surface area contributed by atoms with E-state index in [-0.39, 0.29) is 13.1 Å². The molecule has 0 atom stereocenters. The van der Waals surface area contributed by atoms with Crippen molar-refractivity contribution in [1.82, 2.24) is 5.32 Å². The van der Waals surface area contributed by atoms with E-state index in [9.17, 15) is 0 Å². The Morgan fingerprint density at radius 1 is 0.529 bits per heavy atom. The molecular formula is C10H23NO6. The number of aliphatic hydroxyl groups is 6. The second kappa shape index (κ2) is 7.93. The lowest BCUT2D eigenvalue weighted by Gasteiger charge is -2.32. The van der Waals surface area contributed by atoms with Gasteiger partial charge in [0.2, 0.25) is 0 Å². The zero-order chi connectivity index (χ0) is 13.4. The van der Waals surface area contributed by atoms with Gasteiger partial charge in [-0.15, -0.1) is 0 Å². The van der Waals surface area contributed by atoms with Crippen LogP contribution in [0, 0.1) is 10.8 Å². The fourth-order valence-corrected chi connectivity index (χ4v) is 1.23. The highest BCUT2D eigenvalue weighted by atomic mass is 16.3. The first-order valence-corrected chi connectivity index (χ1v) is 5.43. The minimum Gasteiger partial charge on any atom is -0.396 e. The summed E-state index contributed by atoms with van der Waals surface area (Å²) in [5, 5.41) is 57.2. The van der Waals surface area contributed by atoms with Gasteiger partial charge in [0.05, 0.1) is 50.5 Å². The molecule has 17 heavy (non-hydrogen) atoms. The number of rotatable bonds is 10. The quantitative estimate of drug-likeness (QED) is 0.215. The summed E-state index contributed by atoms with van der Waals surface area (Å²) in [6, 6.07) is 0. The Kier molecular flexibility index (Phi) is 7.80. The van der Waals surface area contributed by atoms with E-state index in [0.29, 0.717) is 0 Å². The number of hydrogen-bond acceptors (Lipinski definition) is 7. The van der Waals surface area contributed by atoms with E-state index < -0.39 is 50.5 Å². The minimum atomic E-state index is -1.05. The Bertz CT molecular complexity index is 157. The van der Waals surface area contributed by atoms with Crippen LogP contribution in [-0.4, -0.2) is 83.4 Å². The van der Waals surface area contributed by atoms with Crippen LogP contribution < -0.4 is 5.32 Å². The van der Waals surface area contributed by atoms with Gasteiger partial charge in [0.15, 0.2) is 0 Å². The van der Waals surface area contributed by atoms with Crippen molar-refractivity contribution in [2.75, 3.05) is 52.7 Å². The van der Waals surface area contributed by atoms with Gasteiger partial charge in [-0.05, 0) is 0 Å². The van der Waals surface area contributed by atoms with Crippen molar-refractivity contribution in [1.29, 1.82) is 0 Å². The van der Waals surface area contributed by atoms with Gasteiger partial charge in [0.1, 0.15) is 0 Å². The molecule has 0 heterocycles. The fourth-order valence-electron chi connectivity index (χ4n) is 1.23. The highest BCUT2D eigenvalue weighted by molar-refractivity contribution is 4.84. The first-order chi connectivity index (χ1) is 8.07. The Morgan fingerprint density at radius 3 is 0.941 bits per heavy atom. The Balaban J connectivity index is 4.28. The molecule has 0 aromatic rings. The predicted octanol–water partition coefficient (Wildman–Crippen LogP) is -3.50. The lowest BCUT2D eigenvalue weighted by Crippen LogP contribution is -2.49. The van der Waals surface area contributed by atoms with Crippen molar-refractivity contribution < 1.29 is 30.6 Å². The summed E-state index contributed by atoms with van der Waals surface area (Å²) >= 11 is 0. The minimum absolute atomic E-state index is 0.109. The van der Waals surface area contributed by atoms with Gasteiger partial charge < -0.3 is 36.0 Å². The molecule has 0 saturated carbocycles. The van der Waals surface area contributed by atoms with E-state index in [2.05, 4.69) is 5.32 Å². The van der Waals surface area contributed by atoms with Crippen LogP contribution in [0.5, 0.6) is 0 Å². The second-order valence-electron chi connectivity index (χ2n) is 4.55. The molecule has 0 amide bonds. The molecule has 0 aromatic carbocycles. The fraction of sp³-hybridized carbons (Fsp3) is 1.00. The Hall–Kier alpha value is -0.280. The van der Waals surface area contributed by atoms with Crippen molar-refractivity contribution in [2.24, 2.45) is 10.8 Å². The molecule has 0 unspecified atom stereocenters. The third kappa shape index (κ3) is 4.47. The number of aliphatic hydroxyl groups excluding tert-OH is 6. The van der Waals surface area contributed by atoms with Gasteiger partial charge in [-0.2, -0.15) is 0 Å². The normalized spacial score (nSPS) is 13.1. The summed E-state index contributed by atoms with van der Waals surface area (Å²) in [6.07, 6.45) is 0. The lowest BCUT2D eigenvalue weighted by atomic mass is 9.88. The van der Waals surface area contributed by atoms with Crippen molar-refractivity contribution >= 4 is 0 Å². The van der Waals surface area contributed by atoms with Crippen molar-refractivity contribution in [3.63, 3.8) is 0 Å². The summed E-state index contributed by atoms with van der Waals surface area (Å²) in [5.74, 6) is 0. The van der Waals surface area contributed by atoms with Crippen LogP contribution in [0.4, 0.5) is 0 Å². The molecule has 104 valence electrons. The van der Waals surface area contributed by atoms with E-state index in [0.717, 1.165) is 0 Å². The zero-order valence-corrected chi connectivity index (χ0v) is 9.84. The zero-order valence-electron chi connectivity index (χ0n) is 9.84. The third-order valence-electron chi connectivity index (χ3n) is 3.01. The molecule has 7 nitrogen and oxygen atoms in total. The van der Waals surface area contributed by atoms with E-state index in [4.69, 9.17) is 30.6 Å². The van der Waals surface area contributed by atoms with Crippen LogP contribution in [-0.2, 0) is 0 Å². The molecular weight excluding hydrogens is 230 g/mol. The molecule has 0 aliphatic rings. The highest BCUT2D eigenvalue weighted by Gasteiger charge is 2.31. The third-order valence-corrected chi connectivity index (χ3v) is 3.01. The smallest absolute Gasteiger partial charge is 0.0543 e. The lowest BCUT2D eigenvalue weighted by molar-refractivity contribution is -0.0124. The van der Waals surface area contributed by atoms with Crippen LogP contribution in [0.2, 0.25) is 0 Å². The van der Waals surface area contributed by atoms with Crippen LogP contribution in [0.1, 0.15) is 0 Å². The molecule has 7 heteroatoms. The SMILES string of the molecule is OCC(CO)(CO)CNCC(CO)(CO)CO. The molecule has 0 aromatic heterocycles. The van der Waals surface area contributed by atoms with Gasteiger partial charge in [-0.3, -0.25) is 0 Å². The van der Waals surface area contributed by atoms with E-state index in [1.165, 1.54) is 0 Å². The molecule has 0 aliphatic heterocycles. The van der Waals surface area contributed by atoms with E-state index >= 15 is 0 Å². The molecule has 7 N–H and O–H groups in total. The maximum atomic E-state index is 9.07. The molecule has 0 saturated heterocycles. The molecule has 0 fully saturated rings. The molecule has 0 spiro atoms. The highest BCUT2D eigenvalue weighted by Crippen LogP contribution is 2.16. The molecule has 0 bridgehead atoms. The summed E-state index contributed by atoms with van der Waals surface area (Å²) in [7, 11) is 0. The number of hydrogen-bond donors (Lipinski definition) is 7. The van der Waals surface area contributed by atoms with Crippen molar-refractivity contribution in [3.05, 3.63) is 0 Å². The van der Waals surface area contributed by atoms with Gasteiger partial charge in [0.25, 0.3) is 0 Å². The summed E-state index contributed by atoms with van der Waals surface area (Å²) in [4.78, 5) is 0. The molecule has 0 rings (SSSR count). The van der Waals surface area contributed by atoms with E-state index in [1.807, 2.05) is 0 Å². The predicted molar refractivity (Wildman–Crippen MR) is 60.3 cm³/mol. The first-order valence-electron chi connectivity index (χ1n) is 5.43. The second-order valence-corrected chi connectivity index (χ2v) is 4.55. The van der Waals surface area contributed by atoms with Crippen LogP contribution in [0.3, 0.4) is 0 Å². The van der Waals surface area contributed by atoms with Crippen LogP contribution >= 0.6 is 0 Å². The largest absolute Gasteiger partial charge is 0.396 e. The summed E-state index contributed by atoms with van der Waals surface area (Å²) in [5.41, 5.74) is -2.10. The van der Waals surface area contributed by atoms with Gasteiger partial charge in [0, 0.05) is 13.1 Å².